The summed E-state index contributed by atoms with van der Waals surface area (Å²) in [6, 6.07) is 2.31. The molecule has 1 aromatic heterocycles. The summed E-state index contributed by atoms with van der Waals surface area (Å²) in [7, 11) is 0. The van der Waals surface area contributed by atoms with Crippen LogP contribution in [0.25, 0.3) is 0 Å². The van der Waals surface area contributed by atoms with Crippen LogP contribution in [0.2, 0.25) is 0 Å². The van der Waals surface area contributed by atoms with E-state index in [1.165, 1.54) is 0 Å². The Morgan fingerprint density at radius 1 is 1.38 bits per heavy atom. The molecule has 0 bridgehead atoms. The van der Waals surface area contributed by atoms with Gasteiger partial charge in [-0.05, 0) is 18.9 Å². The minimum atomic E-state index is 0.373. The molecule has 0 spiro atoms. The van der Waals surface area contributed by atoms with E-state index in [0.717, 1.165) is 31.7 Å². The molecule has 1 aliphatic rings. The van der Waals surface area contributed by atoms with Crippen LogP contribution in [0, 0.1) is 0 Å². The normalized spacial score (nSPS) is 19.0. The molecule has 2 N–H and O–H groups in total. The first-order valence-electron chi connectivity index (χ1n) is 4.63. The number of hydrogen-bond donors (Lipinski definition) is 1. The largest absolute Gasteiger partial charge is 0.356 e. The molecule has 1 fully saturated rings. The Morgan fingerprint density at radius 3 is 2.77 bits per heavy atom. The molecule has 2 heterocycles. The van der Waals surface area contributed by atoms with E-state index in [-0.39, 0.29) is 0 Å². The number of anilines is 1. The highest BCUT2D eigenvalue weighted by atomic mass is 15.2. The Morgan fingerprint density at radius 2 is 2.15 bits per heavy atom. The molecule has 13 heavy (non-hydrogen) atoms. The zero-order valence-corrected chi connectivity index (χ0v) is 7.56. The Labute approximate surface area is 77.8 Å². The SMILES string of the molecule is NC1CCN(c2ccncn2)CC1. The van der Waals surface area contributed by atoms with Crippen LogP contribution in [0.5, 0.6) is 0 Å². The van der Waals surface area contributed by atoms with Gasteiger partial charge in [-0.1, -0.05) is 0 Å². The molecule has 1 saturated heterocycles. The molecular weight excluding hydrogens is 164 g/mol. The molecule has 0 aliphatic carbocycles. The van der Waals surface area contributed by atoms with Crippen molar-refractivity contribution < 1.29 is 0 Å². The van der Waals surface area contributed by atoms with Gasteiger partial charge in [-0.15, -0.1) is 0 Å². The summed E-state index contributed by atoms with van der Waals surface area (Å²) in [6.45, 7) is 2.02. The van der Waals surface area contributed by atoms with Crippen LogP contribution in [0.3, 0.4) is 0 Å². The van der Waals surface area contributed by atoms with Crippen LogP contribution in [0.1, 0.15) is 12.8 Å². The molecule has 4 heteroatoms. The second-order valence-electron chi connectivity index (χ2n) is 3.39. The molecule has 0 radical (unpaired) electrons. The minimum Gasteiger partial charge on any atom is -0.356 e. The van der Waals surface area contributed by atoms with Crippen LogP contribution >= 0.6 is 0 Å². The van der Waals surface area contributed by atoms with E-state index in [1.807, 2.05) is 6.07 Å². The highest BCUT2D eigenvalue weighted by Crippen LogP contribution is 2.15. The lowest BCUT2D eigenvalue weighted by molar-refractivity contribution is 0.498. The monoisotopic (exact) mass is 178 g/mol. The van der Waals surface area contributed by atoms with Gasteiger partial charge in [0.05, 0.1) is 0 Å². The van der Waals surface area contributed by atoms with Crippen molar-refractivity contribution in [2.24, 2.45) is 5.73 Å². The van der Waals surface area contributed by atoms with Gasteiger partial charge in [-0.3, -0.25) is 0 Å². The average Bonchev–Trinajstić information content (AvgIpc) is 2.20. The number of piperidine rings is 1. The van der Waals surface area contributed by atoms with Crippen LogP contribution in [-0.2, 0) is 0 Å². The third-order valence-corrected chi connectivity index (χ3v) is 2.43. The molecule has 1 aromatic rings. The topological polar surface area (TPSA) is 55.0 Å². The third-order valence-electron chi connectivity index (χ3n) is 2.43. The summed E-state index contributed by atoms with van der Waals surface area (Å²) in [5.74, 6) is 1.02. The van der Waals surface area contributed by atoms with Crippen molar-refractivity contribution in [2.45, 2.75) is 18.9 Å². The van der Waals surface area contributed by atoms with E-state index >= 15 is 0 Å². The highest BCUT2D eigenvalue weighted by molar-refractivity contribution is 5.36. The number of aromatic nitrogens is 2. The first-order valence-corrected chi connectivity index (χ1v) is 4.63. The van der Waals surface area contributed by atoms with E-state index in [9.17, 15) is 0 Å². The summed E-state index contributed by atoms with van der Waals surface area (Å²) in [4.78, 5) is 10.3. The van der Waals surface area contributed by atoms with Gasteiger partial charge in [-0.2, -0.15) is 0 Å². The number of hydrogen-bond acceptors (Lipinski definition) is 4. The van der Waals surface area contributed by atoms with Crippen molar-refractivity contribution >= 4 is 5.82 Å². The maximum Gasteiger partial charge on any atom is 0.131 e. The molecule has 2 rings (SSSR count). The summed E-state index contributed by atoms with van der Waals surface area (Å²) in [6.07, 6.45) is 5.48. The van der Waals surface area contributed by atoms with E-state index in [2.05, 4.69) is 14.9 Å². The maximum atomic E-state index is 5.82. The van der Waals surface area contributed by atoms with Gasteiger partial charge in [0, 0.05) is 25.3 Å². The number of nitrogens with two attached hydrogens (primary N) is 1. The van der Waals surface area contributed by atoms with Crippen LogP contribution in [0.15, 0.2) is 18.6 Å². The average molecular weight is 178 g/mol. The lowest BCUT2D eigenvalue weighted by Gasteiger charge is -2.30. The van der Waals surface area contributed by atoms with Gasteiger partial charge < -0.3 is 10.6 Å². The van der Waals surface area contributed by atoms with Gasteiger partial charge >= 0.3 is 0 Å². The molecule has 1 aliphatic heterocycles. The lowest BCUT2D eigenvalue weighted by Crippen LogP contribution is -2.40. The zero-order chi connectivity index (χ0) is 9.10. The van der Waals surface area contributed by atoms with Crippen molar-refractivity contribution in [3.05, 3.63) is 18.6 Å². The van der Waals surface area contributed by atoms with Crippen LogP contribution in [0.4, 0.5) is 5.82 Å². The van der Waals surface area contributed by atoms with Crippen LogP contribution < -0.4 is 10.6 Å². The first kappa shape index (κ1) is 8.44. The Balaban J connectivity index is 2.03. The first-order chi connectivity index (χ1) is 6.36. The smallest absolute Gasteiger partial charge is 0.131 e. The van der Waals surface area contributed by atoms with Crippen molar-refractivity contribution in [1.82, 2.24) is 9.97 Å². The fraction of sp³-hybridized carbons (Fsp3) is 0.556. The quantitative estimate of drug-likeness (QED) is 0.676. The van der Waals surface area contributed by atoms with Crippen molar-refractivity contribution in [3.8, 4) is 0 Å². The van der Waals surface area contributed by atoms with Gasteiger partial charge in [0.25, 0.3) is 0 Å². The molecule has 0 amide bonds. The van der Waals surface area contributed by atoms with Crippen molar-refractivity contribution in [2.75, 3.05) is 18.0 Å². The van der Waals surface area contributed by atoms with Gasteiger partial charge in [-0.25, -0.2) is 9.97 Å². The molecule has 0 unspecified atom stereocenters. The number of nitrogens with zero attached hydrogens (tertiary/aromatic N) is 3. The maximum absolute atomic E-state index is 5.82. The molecule has 0 saturated carbocycles. The summed E-state index contributed by atoms with van der Waals surface area (Å²) < 4.78 is 0. The second-order valence-corrected chi connectivity index (χ2v) is 3.39. The summed E-state index contributed by atoms with van der Waals surface area (Å²) in [5.41, 5.74) is 5.82. The Hall–Kier alpha value is -1.16. The minimum absolute atomic E-state index is 0.373. The number of rotatable bonds is 1. The molecular formula is C9H14N4. The predicted molar refractivity (Wildman–Crippen MR) is 51.5 cm³/mol. The predicted octanol–water partition coefficient (Wildman–Crippen LogP) is 0.404. The fourth-order valence-electron chi connectivity index (χ4n) is 1.60. The molecule has 4 nitrogen and oxygen atoms in total. The third kappa shape index (κ3) is 1.95. The van der Waals surface area contributed by atoms with E-state index in [1.54, 1.807) is 12.5 Å². The fourth-order valence-corrected chi connectivity index (χ4v) is 1.60. The second kappa shape index (κ2) is 3.70. The highest BCUT2D eigenvalue weighted by Gasteiger charge is 2.16. The zero-order valence-electron chi connectivity index (χ0n) is 7.56. The lowest BCUT2D eigenvalue weighted by atomic mass is 10.1. The van der Waals surface area contributed by atoms with E-state index in [4.69, 9.17) is 5.73 Å². The summed E-state index contributed by atoms with van der Waals surface area (Å²) in [5, 5.41) is 0. The molecule has 70 valence electrons. The van der Waals surface area contributed by atoms with Gasteiger partial charge in [0.2, 0.25) is 0 Å². The van der Waals surface area contributed by atoms with Gasteiger partial charge in [0.15, 0.2) is 0 Å². The Bertz CT molecular complexity index is 254. The van der Waals surface area contributed by atoms with E-state index < -0.39 is 0 Å². The molecule has 0 atom stereocenters. The van der Waals surface area contributed by atoms with Gasteiger partial charge in [0.1, 0.15) is 12.1 Å². The van der Waals surface area contributed by atoms with Crippen LogP contribution in [-0.4, -0.2) is 29.1 Å². The van der Waals surface area contributed by atoms with Crippen molar-refractivity contribution in [1.29, 1.82) is 0 Å². The summed E-state index contributed by atoms with van der Waals surface area (Å²) >= 11 is 0. The molecule has 0 aromatic carbocycles. The van der Waals surface area contributed by atoms with E-state index in [0.29, 0.717) is 6.04 Å². The van der Waals surface area contributed by atoms with Crippen molar-refractivity contribution in [3.63, 3.8) is 0 Å². The standard InChI is InChI=1S/C9H14N4/c10-8-2-5-13(6-3-8)9-1-4-11-7-12-9/h1,4,7-8H,2-3,5-6,10H2. The Kier molecular flexibility index (Phi) is 2.40.